The van der Waals surface area contributed by atoms with Crippen LogP contribution in [0.3, 0.4) is 0 Å². The molecule has 2 aromatic rings. The summed E-state index contributed by atoms with van der Waals surface area (Å²) in [6, 6.07) is 7.68. The topological polar surface area (TPSA) is 70.5 Å². The Kier molecular flexibility index (Phi) is 5.67. The number of imidazole rings is 1. The minimum atomic E-state index is -0.258. The fraction of sp³-hybridized carbons (Fsp3) is 0.500. The number of anilines is 1. The highest BCUT2D eigenvalue weighted by Crippen LogP contribution is 2.23. The third-order valence-electron chi connectivity index (χ3n) is 5.94. The normalized spacial score (nSPS) is 17.1. The van der Waals surface area contributed by atoms with Crippen LogP contribution in [0, 0.1) is 6.92 Å². The lowest BCUT2D eigenvalue weighted by molar-refractivity contribution is 0.0636. The average molecular weight is 396 g/mol. The number of rotatable bonds is 4. The third kappa shape index (κ3) is 4.05. The lowest BCUT2D eigenvalue weighted by Crippen LogP contribution is -2.48. The molecule has 1 N–H and O–H groups in total. The summed E-state index contributed by atoms with van der Waals surface area (Å²) < 4.78 is 1.95. The fourth-order valence-corrected chi connectivity index (χ4v) is 4.13. The van der Waals surface area contributed by atoms with Crippen molar-refractivity contribution in [3.8, 4) is 0 Å². The monoisotopic (exact) mass is 395 g/mol. The number of hydrogen-bond acceptors (Lipinski definition) is 4. The van der Waals surface area contributed by atoms with E-state index in [-0.39, 0.29) is 11.8 Å². The highest BCUT2D eigenvalue weighted by molar-refractivity contribution is 6.03. The van der Waals surface area contributed by atoms with E-state index in [1.165, 1.54) is 0 Å². The van der Waals surface area contributed by atoms with Gasteiger partial charge in [-0.25, -0.2) is 4.98 Å². The molecule has 3 heterocycles. The van der Waals surface area contributed by atoms with Crippen molar-refractivity contribution in [1.29, 1.82) is 0 Å². The molecule has 1 saturated heterocycles. The molecule has 0 aliphatic carbocycles. The van der Waals surface area contributed by atoms with E-state index >= 15 is 0 Å². The van der Waals surface area contributed by atoms with Crippen LogP contribution in [0.15, 0.2) is 24.3 Å². The number of carbonyl (C=O) groups is 2. The van der Waals surface area contributed by atoms with Gasteiger partial charge < -0.3 is 19.7 Å². The maximum Gasteiger partial charge on any atom is 0.291 e. The summed E-state index contributed by atoms with van der Waals surface area (Å²) in [5.74, 6) is 0.0449. The van der Waals surface area contributed by atoms with E-state index in [1.807, 2.05) is 40.7 Å². The van der Waals surface area contributed by atoms with Gasteiger partial charge in [0.15, 0.2) is 5.82 Å². The summed E-state index contributed by atoms with van der Waals surface area (Å²) in [4.78, 5) is 34.9. The predicted molar refractivity (Wildman–Crippen MR) is 112 cm³/mol. The SMILES string of the molecule is CCN1CCN(C(=O)c2nc(C(=O)Nc3ccc(C)cc3)n3c2CCCC3)CC1. The number of nitrogens with one attached hydrogen (secondary N) is 1. The molecule has 1 fully saturated rings. The second-order valence-electron chi connectivity index (χ2n) is 7.89. The Hall–Kier alpha value is -2.67. The smallest absolute Gasteiger partial charge is 0.291 e. The second-order valence-corrected chi connectivity index (χ2v) is 7.89. The molecule has 29 heavy (non-hydrogen) atoms. The van der Waals surface area contributed by atoms with Crippen molar-refractivity contribution in [2.45, 2.75) is 39.7 Å². The first-order chi connectivity index (χ1) is 14.1. The van der Waals surface area contributed by atoms with E-state index in [4.69, 9.17) is 0 Å². The molecule has 7 nitrogen and oxygen atoms in total. The highest BCUT2D eigenvalue weighted by Gasteiger charge is 2.31. The van der Waals surface area contributed by atoms with Crippen molar-refractivity contribution in [3.63, 3.8) is 0 Å². The molecule has 0 radical (unpaired) electrons. The zero-order chi connectivity index (χ0) is 20.4. The van der Waals surface area contributed by atoms with E-state index in [9.17, 15) is 9.59 Å². The van der Waals surface area contributed by atoms with Crippen molar-refractivity contribution in [2.75, 3.05) is 38.0 Å². The highest BCUT2D eigenvalue weighted by atomic mass is 16.2. The molecule has 2 aliphatic heterocycles. The molecule has 0 bridgehead atoms. The molecule has 2 amide bonds. The van der Waals surface area contributed by atoms with Crippen LogP contribution in [-0.4, -0.2) is 63.9 Å². The predicted octanol–water partition coefficient (Wildman–Crippen LogP) is 2.56. The van der Waals surface area contributed by atoms with Gasteiger partial charge >= 0.3 is 0 Å². The van der Waals surface area contributed by atoms with Crippen LogP contribution in [0.1, 0.15) is 52.1 Å². The molecule has 1 aromatic heterocycles. The molecule has 154 valence electrons. The summed E-state index contributed by atoms with van der Waals surface area (Å²) >= 11 is 0. The molecular formula is C22H29N5O2. The van der Waals surface area contributed by atoms with Crippen molar-refractivity contribution in [3.05, 3.63) is 47.0 Å². The van der Waals surface area contributed by atoms with Crippen LogP contribution in [-0.2, 0) is 13.0 Å². The van der Waals surface area contributed by atoms with Gasteiger partial charge in [-0.3, -0.25) is 9.59 Å². The Bertz CT molecular complexity index is 895. The third-order valence-corrected chi connectivity index (χ3v) is 5.94. The van der Waals surface area contributed by atoms with E-state index in [0.717, 1.165) is 62.4 Å². The summed E-state index contributed by atoms with van der Waals surface area (Å²) in [6.45, 7) is 9.09. The van der Waals surface area contributed by atoms with E-state index < -0.39 is 0 Å². The number of carbonyl (C=O) groups excluding carboxylic acids is 2. The number of piperazine rings is 1. The van der Waals surface area contributed by atoms with E-state index in [2.05, 4.69) is 22.1 Å². The van der Waals surface area contributed by atoms with Crippen molar-refractivity contribution < 1.29 is 9.59 Å². The summed E-state index contributed by atoms with van der Waals surface area (Å²) in [5.41, 5.74) is 3.24. The van der Waals surface area contributed by atoms with Gasteiger partial charge in [-0.05, 0) is 44.9 Å². The van der Waals surface area contributed by atoms with Gasteiger partial charge in [-0.15, -0.1) is 0 Å². The number of hydrogen-bond donors (Lipinski definition) is 1. The number of aryl methyl sites for hydroxylation is 1. The molecule has 0 atom stereocenters. The lowest BCUT2D eigenvalue weighted by atomic mass is 10.1. The van der Waals surface area contributed by atoms with Crippen molar-refractivity contribution in [2.24, 2.45) is 0 Å². The number of likely N-dealkylation sites (N-methyl/N-ethyl adjacent to an activating group) is 1. The number of benzene rings is 1. The van der Waals surface area contributed by atoms with E-state index in [1.54, 1.807) is 0 Å². The average Bonchev–Trinajstić information content (AvgIpc) is 3.15. The van der Waals surface area contributed by atoms with Crippen LogP contribution < -0.4 is 5.32 Å². The standard InChI is InChI=1S/C22H29N5O2/c1-3-25-12-14-26(15-13-25)22(29)19-18-6-4-5-11-27(18)20(24-19)21(28)23-17-9-7-16(2)8-10-17/h7-10H,3-6,11-15H2,1-2H3,(H,23,28). The fourth-order valence-electron chi connectivity index (χ4n) is 4.13. The number of fused-ring (bicyclic) bond motifs is 1. The quantitative estimate of drug-likeness (QED) is 0.864. The maximum atomic E-state index is 13.2. The van der Waals surface area contributed by atoms with Gasteiger partial charge in [0, 0.05) is 38.4 Å². The summed E-state index contributed by atoms with van der Waals surface area (Å²) in [5, 5.41) is 2.93. The Labute approximate surface area is 171 Å². The number of aromatic nitrogens is 2. The minimum absolute atomic E-state index is 0.0409. The first kappa shape index (κ1) is 19.6. The first-order valence-electron chi connectivity index (χ1n) is 10.6. The van der Waals surface area contributed by atoms with Crippen LogP contribution in [0.25, 0.3) is 0 Å². The molecule has 0 unspecified atom stereocenters. The molecular weight excluding hydrogens is 366 g/mol. The Morgan fingerprint density at radius 3 is 2.45 bits per heavy atom. The second kappa shape index (κ2) is 8.37. The number of nitrogens with zero attached hydrogens (tertiary/aromatic N) is 4. The van der Waals surface area contributed by atoms with Gasteiger partial charge in [-0.1, -0.05) is 24.6 Å². The Morgan fingerprint density at radius 1 is 1.03 bits per heavy atom. The largest absolute Gasteiger partial charge is 0.335 e. The number of amides is 2. The first-order valence-corrected chi connectivity index (χ1v) is 10.6. The molecule has 4 rings (SSSR count). The van der Waals surface area contributed by atoms with Crippen molar-refractivity contribution in [1.82, 2.24) is 19.4 Å². The van der Waals surface area contributed by atoms with Gasteiger partial charge in [0.25, 0.3) is 11.8 Å². The Balaban J connectivity index is 1.57. The van der Waals surface area contributed by atoms with Crippen LogP contribution in [0.2, 0.25) is 0 Å². The van der Waals surface area contributed by atoms with Gasteiger partial charge in [0.2, 0.25) is 0 Å². The molecule has 1 aromatic carbocycles. The molecule has 0 saturated carbocycles. The molecule has 2 aliphatic rings. The van der Waals surface area contributed by atoms with Crippen LogP contribution >= 0.6 is 0 Å². The van der Waals surface area contributed by atoms with Gasteiger partial charge in [0.1, 0.15) is 5.69 Å². The summed E-state index contributed by atoms with van der Waals surface area (Å²) in [7, 11) is 0. The zero-order valence-corrected chi connectivity index (χ0v) is 17.3. The van der Waals surface area contributed by atoms with E-state index in [0.29, 0.717) is 24.6 Å². The van der Waals surface area contributed by atoms with Crippen LogP contribution in [0.4, 0.5) is 5.69 Å². The van der Waals surface area contributed by atoms with Crippen LogP contribution in [0.5, 0.6) is 0 Å². The van der Waals surface area contributed by atoms with Gasteiger partial charge in [0.05, 0.1) is 5.69 Å². The maximum absolute atomic E-state index is 13.2. The van der Waals surface area contributed by atoms with Gasteiger partial charge in [-0.2, -0.15) is 0 Å². The summed E-state index contributed by atoms with van der Waals surface area (Å²) in [6.07, 6.45) is 2.81. The molecule has 7 heteroatoms. The molecule has 0 spiro atoms. The van der Waals surface area contributed by atoms with Crippen molar-refractivity contribution >= 4 is 17.5 Å². The minimum Gasteiger partial charge on any atom is -0.335 e. The Morgan fingerprint density at radius 2 is 1.76 bits per heavy atom. The lowest BCUT2D eigenvalue weighted by Gasteiger charge is -2.33. The zero-order valence-electron chi connectivity index (χ0n) is 17.3.